The highest BCUT2D eigenvalue weighted by molar-refractivity contribution is 6.07. The van der Waals surface area contributed by atoms with Crippen LogP contribution in [0.5, 0.6) is 5.75 Å². The van der Waals surface area contributed by atoms with Crippen molar-refractivity contribution in [3.05, 3.63) is 98.4 Å². The third-order valence-electron chi connectivity index (χ3n) is 7.18. The third-order valence-corrected chi connectivity index (χ3v) is 7.18. The fourth-order valence-electron chi connectivity index (χ4n) is 5.06. The zero-order chi connectivity index (χ0) is 27.7. The molecule has 5 rings (SSSR count). The Morgan fingerprint density at radius 2 is 1.72 bits per heavy atom. The number of ether oxygens (including phenoxy) is 1. The lowest BCUT2D eigenvalue weighted by Gasteiger charge is -2.32. The van der Waals surface area contributed by atoms with Gasteiger partial charge in [0.2, 0.25) is 5.91 Å². The Morgan fingerprint density at radius 1 is 1.03 bits per heavy atom. The van der Waals surface area contributed by atoms with Gasteiger partial charge in [-0.2, -0.15) is 0 Å². The van der Waals surface area contributed by atoms with Crippen molar-refractivity contribution in [1.82, 2.24) is 4.90 Å². The van der Waals surface area contributed by atoms with Gasteiger partial charge in [-0.15, -0.1) is 0 Å². The van der Waals surface area contributed by atoms with Gasteiger partial charge in [-0.05, 0) is 48.6 Å². The predicted octanol–water partition coefficient (Wildman–Crippen LogP) is 5.15. The molecule has 2 amide bonds. The van der Waals surface area contributed by atoms with Crippen molar-refractivity contribution in [2.45, 2.75) is 31.6 Å². The van der Waals surface area contributed by atoms with Crippen LogP contribution in [0.3, 0.4) is 0 Å². The van der Waals surface area contributed by atoms with Crippen LogP contribution >= 0.6 is 0 Å². The van der Waals surface area contributed by atoms with Gasteiger partial charge in [0.15, 0.2) is 11.6 Å². The normalized spacial score (nSPS) is 15.0. The van der Waals surface area contributed by atoms with E-state index in [1.807, 2.05) is 12.1 Å². The maximum Gasteiger partial charge on any atom is 0.270 e. The van der Waals surface area contributed by atoms with E-state index in [1.165, 1.54) is 17.0 Å². The molecule has 2 aliphatic rings. The summed E-state index contributed by atoms with van der Waals surface area (Å²) in [5.74, 6) is -3.97. The van der Waals surface area contributed by atoms with Crippen LogP contribution in [0.4, 0.5) is 24.5 Å². The first-order valence-electron chi connectivity index (χ1n) is 12.5. The molecule has 2 heterocycles. The van der Waals surface area contributed by atoms with Gasteiger partial charge in [0, 0.05) is 48.5 Å². The fraction of sp³-hybridized carbons (Fsp3) is 0.286. The molecule has 8 nitrogen and oxygen atoms in total. The molecular formula is C28H24F3N3O5. The molecule has 2 aliphatic heterocycles. The van der Waals surface area contributed by atoms with Crippen LogP contribution in [0.1, 0.15) is 45.8 Å². The number of rotatable bonds is 6. The first kappa shape index (κ1) is 26.2. The number of likely N-dealkylation sites (tertiary alicyclic amines) is 1. The highest BCUT2D eigenvalue weighted by atomic mass is 19.2. The molecule has 3 aromatic carbocycles. The Kier molecular flexibility index (Phi) is 7.23. The summed E-state index contributed by atoms with van der Waals surface area (Å²) in [5, 5.41) is 14.0. The SMILES string of the molecule is O=C(Nc1ccc(C2CCN(C(=O)Cc3c(F)ccc(F)c3F)CC2)cc1)c1cc([N+](=O)[O-])cc2c1OCC2. The van der Waals surface area contributed by atoms with Crippen molar-refractivity contribution in [2.24, 2.45) is 0 Å². The molecule has 0 bridgehead atoms. The molecule has 0 spiro atoms. The zero-order valence-corrected chi connectivity index (χ0v) is 20.7. The molecule has 202 valence electrons. The minimum Gasteiger partial charge on any atom is -0.492 e. The van der Waals surface area contributed by atoms with Crippen LogP contribution in [-0.2, 0) is 17.6 Å². The van der Waals surface area contributed by atoms with Gasteiger partial charge in [0.05, 0.1) is 23.5 Å². The minimum absolute atomic E-state index is 0.107. The number of non-ortho nitro benzene ring substituents is 1. The summed E-state index contributed by atoms with van der Waals surface area (Å²) in [5.41, 5.74) is 1.50. The van der Waals surface area contributed by atoms with E-state index in [2.05, 4.69) is 5.32 Å². The van der Waals surface area contributed by atoms with Gasteiger partial charge in [-0.3, -0.25) is 19.7 Å². The van der Waals surface area contributed by atoms with E-state index in [0.717, 1.165) is 11.6 Å². The first-order valence-corrected chi connectivity index (χ1v) is 12.5. The van der Waals surface area contributed by atoms with Crippen molar-refractivity contribution in [3.63, 3.8) is 0 Å². The number of nitro groups is 1. The molecule has 39 heavy (non-hydrogen) atoms. The van der Waals surface area contributed by atoms with E-state index in [1.54, 1.807) is 12.1 Å². The van der Waals surface area contributed by atoms with Gasteiger partial charge in [-0.25, -0.2) is 13.2 Å². The van der Waals surface area contributed by atoms with Crippen molar-refractivity contribution < 1.29 is 32.4 Å². The number of amides is 2. The number of nitrogens with one attached hydrogen (secondary N) is 1. The van der Waals surface area contributed by atoms with Gasteiger partial charge in [0.25, 0.3) is 11.6 Å². The van der Waals surface area contributed by atoms with Gasteiger partial charge >= 0.3 is 0 Å². The number of hydrogen-bond donors (Lipinski definition) is 1. The largest absolute Gasteiger partial charge is 0.492 e. The molecule has 3 aromatic rings. The number of nitrogens with zero attached hydrogens (tertiary/aromatic N) is 2. The van der Waals surface area contributed by atoms with Gasteiger partial charge < -0.3 is 15.0 Å². The van der Waals surface area contributed by atoms with E-state index in [4.69, 9.17) is 4.74 Å². The summed E-state index contributed by atoms with van der Waals surface area (Å²) in [6, 6.07) is 11.3. The summed E-state index contributed by atoms with van der Waals surface area (Å²) in [6.07, 6.45) is 1.20. The summed E-state index contributed by atoms with van der Waals surface area (Å²) in [6.45, 7) is 1.13. The second kappa shape index (κ2) is 10.8. The Morgan fingerprint density at radius 3 is 2.41 bits per heavy atom. The van der Waals surface area contributed by atoms with E-state index in [-0.39, 0.29) is 17.2 Å². The van der Waals surface area contributed by atoms with Crippen LogP contribution in [0, 0.1) is 27.6 Å². The highest BCUT2D eigenvalue weighted by Crippen LogP contribution is 2.35. The average molecular weight is 540 g/mol. The molecule has 0 aliphatic carbocycles. The first-order chi connectivity index (χ1) is 18.7. The molecule has 1 saturated heterocycles. The van der Waals surface area contributed by atoms with Crippen LogP contribution in [-0.4, -0.2) is 41.3 Å². The predicted molar refractivity (Wildman–Crippen MR) is 135 cm³/mol. The number of carbonyl (C=O) groups excluding carboxylic acids is 2. The van der Waals surface area contributed by atoms with Crippen LogP contribution in [0.25, 0.3) is 0 Å². The van der Waals surface area contributed by atoms with Crippen molar-refractivity contribution in [3.8, 4) is 5.75 Å². The molecule has 0 unspecified atom stereocenters. The number of piperidine rings is 1. The Balaban J connectivity index is 1.19. The number of halogens is 3. The summed E-state index contributed by atoms with van der Waals surface area (Å²) >= 11 is 0. The molecule has 0 radical (unpaired) electrons. The number of anilines is 1. The maximum absolute atomic E-state index is 13.9. The molecule has 0 saturated carbocycles. The summed E-state index contributed by atoms with van der Waals surface area (Å²) < 4.78 is 46.9. The Hall–Kier alpha value is -4.41. The van der Waals surface area contributed by atoms with Gasteiger partial charge in [-0.1, -0.05) is 12.1 Å². The molecule has 11 heteroatoms. The maximum atomic E-state index is 13.9. The summed E-state index contributed by atoms with van der Waals surface area (Å²) in [7, 11) is 0. The number of fused-ring (bicyclic) bond motifs is 1. The Bertz CT molecular complexity index is 1450. The van der Waals surface area contributed by atoms with Crippen molar-refractivity contribution in [2.75, 3.05) is 25.0 Å². The monoisotopic (exact) mass is 539 g/mol. The van der Waals surface area contributed by atoms with E-state index >= 15 is 0 Å². The lowest BCUT2D eigenvalue weighted by molar-refractivity contribution is -0.384. The molecular weight excluding hydrogens is 515 g/mol. The van der Waals surface area contributed by atoms with Crippen molar-refractivity contribution in [1.29, 1.82) is 0 Å². The number of nitro benzene ring substituents is 1. The van der Waals surface area contributed by atoms with E-state index in [0.29, 0.717) is 62.0 Å². The minimum atomic E-state index is -1.34. The molecule has 1 N–H and O–H groups in total. The van der Waals surface area contributed by atoms with E-state index in [9.17, 15) is 32.9 Å². The molecule has 0 aromatic heterocycles. The zero-order valence-electron chi connectivity index (χ0n) is 20.7. The van der Waals surface area contributed by atoms with Crippen molar-refractivity contribution >= 4 is 23.2 Å². The molecule has 1 fully saturated rings. The lowest BCUT2D eigenvalue weighted by atomic mass is 9.89. The fourth-order valence-corrected chi connectivity index (χ4v) is 5.06. The highest BCUT2D eigenvalue weighted by Gasteiger charge is 2.27. The standard InChI is InChI=1S/C28H24F3N3O5/c29-23-5-6-24(30)26(31)21(23)15-25(35)33-10-7-17(8-11-33)16-1-3-19(4-2-16)32-28(36)22-14-20(34(37)38)13-18-9-12-39-27(18)22/h1-6,13-14,17H,7-12,15H2,(H,32,36). The topological polar surface area (TPSA) is 102 Å². The van der Waals surface area contributed by atoms with Crippen LogP contribution < -0.4 is 10.1 Å². The van der Waals surface area contributed by atoms with Crippen LogP contribution in [0.15, 0.2) is 48.5 Å². The Labute approximate surface area is 221 Å². The number of carbonyl (C=O) groups is 2. The number of benzene rings is 3. The van der Waals surface area contributed by atoms with E-state index < -0.39 is 46.2 Å². The number of hydrogen-bond acceptors (Lipinski definition) is 5. The van der Waals surface area contributed by atoms with Crippen LogP contribution in [0.2, 0.25) is 0 Å². The second-order valence-corrected chi connectivity index (χ2v) is 9.57. The molecule has 0 atom stereocenters. The smallest absolute Gasteiger partial charge is 0.270 e. The third kappa shape index (κ3) is 5.43. The average Bonchev–Trinajstić information content (AvgIpc) is 3.42. The van der Waals surface area contributed by atoms with Gasteiger partial charge in [0.1, 0.15) is 11.6 Å². The quantitative estimate of drug-likeness (QED) is 0.265. The second-order valence-electron chi connectivity index (χ2n) is 9.57. The lowest BCUT2D eigenvalue weighted by Crippen LogP contribution is -2.39. The summed E-state index contributed by atoms with van der Waals surface area (Å²) in [4.78, 5) is 37.8.